The molecule has 0 aliphatic heterocycles. The molecule has 0 radical (unpaired) electrons. The number of carbonyl (C=O) groups excluding carboxylic acids is 2. The molecule has 26 heavy (non-hydrogen) atoms. The highest BCUT2D eigenvalue weighted by atomic mass is 19.2. The second-order valence-electron chi connectivity index (χ2n) is 5.43. The molecule has 0 spiro atoms. The first-order chi connectivity index (χ1) is 12.3. The number of ether oxygens (including phenoxy) is 1. The third-order valence-corrected chi connectivity index (χ3v) is 3.58. The van der Waals surface area contributed by atoms with Crippen molar-refractivity contribution >= 4 is 11.9 Å². The molecule has 0 aromatic heterocycles. The number of nitrogens with one attached hydrogen (secondary N) is 1. The van der Waals surface area contributed by atoms with Crippen molar-refractivity contribution in [2.24, 2.45) is 0 Å². The van der Waals surface area contributed by atoms with Gasteiger partial charge in [-0.25, -0.2) is 22.4 Å². The average molecular weight is 369 g/mol. The molecule has 0 aliphatic carbocycles. The van der Waals surface area contributed by atoms with E-state index >= 15 is 0 Å². The quantitative estimate of drug-likeness (QED) is 0.625. The zero-order chi connectivity index (χ0) is 19.3. The summed E-state index contributed by atoms with van der Waals surface area (Å²) in [5.74, 6) is -6.06. The Bertz CT molecular complexity index is 826. The Morgan fingerprint density at radius 2 is 1.46 bits per heavy atom. The van der Waals surface area contributed by atoms with Gasteiger partial charge in [0.1, 0.15) is 6.61 Å². The lowest BCUT2D eigenvalue weighted by molar-refractivity contribution is 0.0454. The lowest BCUT2D eigenvalue weighted by atomic mass is 10.1. The van der Waals surface area contributed by atoms with Gasteiger partial charge in [0, 0.05) is 5.56 Å². The molecule has 0 aliphatic rings. The molecule has 1 N–H and O–H groups in total. The molecule has 0 heterocycles. The van der Waals surface area contributed by atoms with Crippen LogP contribution in [0.2, 0.25) is 0 Å². The fraction of sp³-hybridized carbons (Fsp3) is 0.222. The maximum Gasteiger partial charge on any atom is 0.338 e. The SMILES string of the molecule is CCC(COC(=O)c1ccc(F)c(F)c1)NC(=O)c1ccc(F)c(F)c1. The normalized spacial score (nSPS) is 11.7. The topological polar surface area (TPSA) is 55.4 Å². The molecule has 2 rings (SSSR count). The van der Waals surface area contributed by atoms with Gasteiger partial charge in [0.2, 0.25) is 0 Å². The standard InChI is InChI=1S/C18H15F4NO3/c1-2-12(23-17(24)10-3-5-13(19)15(21)7-10)9-26-18(25)11-4-6-14(20)16(22)8-11/h3-8,12H,2,9H2,1H3,(H,23,24). The first-order valence-corrected chi connectivity index (χ1v) is 7.70. The van der Waals surface area contributed by atoms with Crippen LogP contribution in [0.1, 0.15) is 34.1 Å². The molecular formula is C18H15F4NO3. The lowest BCUT2D eigenvalue weighted by Gasteiger charge is -2.17. The van der Waals surface area contributed by atoms with Crippen LogP contribution in [0.4, 0.5) is 17.6 Å². The minimum atomic E-state index is -1.18. The largest absolute Gasteiger partial charge is 0.460 e. The van der Waals surface area contributed by atoms with Crippen molar-refractivity contribution in [3.8, 4) is 0 Å². The van der Waals surface area contributed by atoms with Gasteiger partial charge in [-0.3, -0.25) is 4.79 Å². The lowest BCUT2D eigenvalue weighted by Crippen LogP contribution is -2.38. The highest BCUT2D eigenvalue weighted by molar-refractivity contribution is 5.94. The number of halogens is 4. The number of esters is 1. The zero-order valence-electron chi connectivity index (χ0n) is 13.7. The molecule has 0 saturated carbocycles. The van der Waals surface area contributed by atoms with Crippen molar-refractivity contribution in [1.29, 1.82) is 0 Å². The molecule has 0 bridgehead atoms. The molecule has 138 valence electrons. The van der Waals surface area contributed by atoms with E-state index in [2.05, 4.69) is 5.32 Å². The second-order valence-corrected chi connectivity index (χ2v) is 5.43. The summed E-state index contributed by atoms with van der Waals surface area (Å²) in [4.78, 5) is 23.9. The van der Waals surface area contributed by atoms with E-state index < -0.39 is 41.2 Å². The van der Waals surface area contributed by atoms with E-state index in [1.807, 2.05) is 0 Å². The predicted octanol–water partition coefficient (Wildman–Crippen LogP) is 3.61. The van der Waals surface area contributed by atoms with E-state index in [4.69, 9.17) is 4.74 Å². The molecule has 1 unspecified atom stereocenters. The summed E-state index contributed by atoms with van der Waals surface area (Å²) in [5, 5.41) is 2.52. The summed E-state index contributed by atoms with van der Waals surface area (Å²) < 4.78 is 57.1. The van der Waals surface area contributed by atoms with Crippen LogP contribution < -0.4 is 5.32 Å². The van der Waals surface area contributed by atoms with Gasteiger partial charge in [-0.15, -0.1) is 0 Å². The summed E-state index contributed by atoms with van der Waals surface area (Å²) in [6, 6.07) is 4.67. The summed E-state index contributed by atoms with van der Waals surface area (Å²) in [5.41, 5.74) is -0.264. The van der Waals surface area contributed by atoms with Gasteiger partial charge >= 0.3 is 5.97 Å². The Morgan fingerprint density at radius 1 is 0.923 bits per heavy atom. The third-order valence-electron chi connectivity index (χ3n) is 3.58. The van der Waals surface area contributed by atoms with Crippen molar-refractivity contribution in [3.63, 3.8) is 0 Å². The molecule has 2 aromatic carbocycles. The van der Waals surface area contributed by atoms with E-state index in [9.17, 15) is 27.2 Å². The number of amides is 1. The number of carbonyl (C=O) groups is 2. The molecule has 4 nitrogen and oxygen atoms in total. The highest BCUT2D eigenvalue weighted by Gasteiger charge is 2.17. The smallest absolute Gasteiger partial charge is 0.338 e. The van der Waals surface area contributed by atoms with Crippen LogP contribution in [0.5, 0.6) is 0 Å². The van der Waals surface area contributed by atoms with Gasteiger partial charge in [-0.2, -0.15) is 0 Å². The van der Waals surface area contributed by atoms with Crippen LogP contribution >= 0.6 is 0 Å². The van der Waals surface area contributed by atoms with Gasteiger partial charge in [-0.1, -0.05) is 6.92 Å². The fourth-order valence-electron chi connectivity index (χ4n) is 2.05. The monoisotopic (exact) mass is 369 g/mol. The molecule has 1 atom stereocenters. The molecule has 0 saturated heterocycles. The van der Waals surface area contributed by atoms with Gasteiger partial charge in [-0.05, 0) is 42.8 Å². The van der Waals surface area contributed by atoms with Crippen molar-refractivity contribution < 1.29 is 31.9 Å². The Hall–Kier alpha value is -2.90. The van der Waals surface area contributed by atoms with E-state index in [0.29, 0.717) is 12.5 Å². The minimum absolute atomic E-state index is 0.0886. The first kappa shape index (κ1) is 19.4. The predicted molar refractivity (Wildman–Crippen MR) is 84.5 cm³/mol. The summed E-state index contributed by atoms with van der Waals surface area (Å²) >= 11 is 0. The van der Waals surface area contributed by atoms with Gasteiger partial charge in [0.05, 0.1) is 11.6 Å². The summed E-state index contributed by atoms with van der Waals surface area (Å²) in [7, 11) is 0. The van der Waals surface area contributed by atoms with E-state index in [1.54, 1.807) is 6.92 Å². The molecule has 0 fully saturated rings. The minimum Gasteiger partial charge on any atom is -0.460 e. The highest BCUT2D eigenvalue weighted by Crippen LogP contribution is 2.11. The van der Waals surface area contributed by atoms with Crippen molar-refractivity contribution in [3.05, 3.63) is 70.8 Å². The summed E-state index contributed by atoms with van der Waals surface area (Å²) in [6.07, 6.45) is 0.375. The molecule has 8 heteroatoms. The number of benzene rings is 2. The van der Waals surface area contributed by atoms with Gasteiger partial charge in [0.15, 0.2) is 23.3 Å². The van der Waals surface area contributed by atoms with Crippen LogP contribution in [0, 0.1) is 23.3 Å². The third kappa shape index (κ3) is 4.81. The van der Waals surface area contributed by atoms with Crippen molar-refractivity contribution in [1.82, 2.24) is 5.32 Å². The van der Waals surface area contributed by atoms with Crippen LogP contribution in [-0.2, 0) is 4.74 Å². The number of rotatable bonds is 6. The zero-order valence-corrected chi connectivity index (χ0v) is 13.7. The Labute approximate surface area is 146 Å². The second kappa shape index (κ2) is 8.46. The molecule has 1 amide bonds. The average Bonchev–Trinajstić information content (AvgIpc) is 2.62. The molecule has 2 aromatic rings. The van der Waals surface area contributed by atoms with Crippen molar-refractivity contribution in [2.75, 3.05) is 6.61 Å². The van der Waals surface area contributed by atoms with E-state index in [1.165, 1.54) is 0 Å². The number of hydrogen-bond acceptors (Lipinski definition) is 3. The van der Waals surface area contributed by atoms with Crippen LogP contribution in [0.25, 0.3) is 0 Å². The van der Waals surface area contributed by atoms with Gasteiger partial charge < -0.3 is 10.1 Å². The Kier molecular flexibility index (Phi) is 6.32. The van der Waals surface area contributed by atoms with Crippen molar-refractivity contribution in [2.45, 2.75) is 19.4 Å². The number of hydrogen-bond donors (Lipinski definition) is 1. The molecular weight excluding hydrogens is 354 g/mol. The van der Waals surface area contributed by atoms with E-state index in [-0.39, 0.29) is 17.7 Å². The van der Waals surface area contributed by atoms with Crippen LogP contribution in [-0.4, -0.2) is 24.5 Å². The van der Waals surface area contributed by atoms with Crippen LogP contribution in [0.3, 0.4) is 0 Å². The first-order valence-electron chi connectivity index (χ1n) is 7.70. The maximum absolute atomic E-state index is 13.2. The van der Waals surface area contributed by atoms with Gasteiger partial charge in [0.25, 0.3) is 5.91 Å². The Balaban J connectivity index is 1.96. The van der Waals surface area contributed by atoms with E-state index in [0.717, 1.165) is 30.3 Å². The Morgan fingerprint density at radius 3 is 2.00 bits per heavy atom. The summed E-state index contributed by atoms with van der Waals surface area (Å²) in [6.45, 7) is 1.48. The maximum atomic E-state index is 13.2. The van der Waals surface area contributed by atoms with Crippen LogP contribution in [0.15, 0.2) is 36.4 Å². The fourth-order valence-corrected chi connectivity index (χ4v) is 2.05.